The minimum Gasteiger partial charge on any atom is -0.489 e. The van der Waals surface area contributed by atoms with E-state index in [0.29, 0.717) is 17.1 Å². The van der Waals surface area contributed by atoms with Crippen molar-refractivity contribution in [1.29, 1.82) is 0 Å². The van der Waals surface area contributed by atoms with Crippen molar-refractivity contribution in [2.24, 2.45) is 0 Å². The minimum atomic E-state index is -0.943. The van der Waals surface area contributed by atoms with E-state index in [2.05, 4.69) is 24.5 Å². The first kappa shape index (κ1) is 23.6. The van der Waals surface area contributed by atoms with Gasteiger partial charge in [0.15, 0.2) is 0 Å². The van der Waals surface area contributed by atoms with Crippen molar-refractivity contribution in [3.63, 3.8) is 0 Å². The Hall–Kier alpha value is -3.55. The number of nitrogens with one attached hydrogen (secondary N) is 2. The number of carbonyl (C=O) groups excluding carboxylic acids is 3. The molecule has 3 atom stereocenters. The Balaban J connectivity index is 1.53. The molecule has 2 heterocycles. The summed E-state index contributed by atoms with van der Waals surface area (Å²) in [5, 5.41) is 5.48. The third-order valence-electron chi connectivity index (χ3n) is 6.48. The molecule has 0 radical (unpaired) electrons. The summed E-state index contributed by atoms with van der Waals surface area (Å²) in [4.78, 5) is 42.9. The molecule has 2 aliphatic heterocycles. The molecule has 2 aromatic rings. The van der Waals surface area contributed by atoms with Gasteiger partial charge in [0.1, 0.15) is 24.9 Å². The standard InChI is InChI=1S/C26H32N4O4/c1-17-8-6-11-20(14-17)27-26(33)28-21-16-34-23-13-5-4-12-22(23)29(25(21)32)15-24(31)30-18(2)9-7-10-19(30)3/h4-6,8,11-14,18-19,21H,7,9-10,15-16H2,1-3H3,(H2,27,28,33)/t18?,19?,21-/m1/s1. The number of hydrogen-bond donors (Lipinski definition) is 2. The fraction of sp³-hybridized carbons (Fsp3) is 0.423. The van der Waals surface area contributed by atoms with Gasteiger partial charge in [-0.2, -0.15) is 0 Å². The summed E-state index contributed by atoms with van der Waals surface area (Å²) >= 11 is 0. The van der Waals surface area contributed by atoms with Crippen molar-refractivity contribution in [2.75, 3.05) is 23.4 Å². The molecular weight excluding hydrogens is 432 g/mol. The van der Waals surface area contributed by atoms with Crippen LogP contribution in [-0.4, -0.2) is 54.0 Å². The van der Waals surface area contributed by atoms with E-state index in [0.717, 1.165) is 24.8 Å². The molecule has 4 amide bonds. The van der Waals surface area contributed by atoms with Gasteiger partial charge < -0.3 is 20.3 Å². The topological polar surface area (TPSA) is 91.0 Å². The number of hydrogen-bond acceptors (Lipinski definition) is 4. The van der Waals surface area contributed by atoms with Gasteiger partial charge in [-0.05, 0) is 69.9 Å². The van der Waals surface area contributed by atoms with Gasteiger partial charge in [0.25, 0.3) is 5.91 Å². The zero-order valence-electron chi connectivity index (χ0n) is 19.9. The van der Waals surface area contributed by atoms with E-state index in [4.69, 9.17) is 4.74 Å². The second kappa shape index (κ2) is 10.2. The Labute approximate surface area is 200 Å². The highest BCUT2D eigenvalue weighted by atomic mass is 16.5. The van der Waals surface area contributed by atoms with Gasteiger partial charge in [-0.25, -0.2) is 4.79 Å². The third-order valence-corrected chi connectivity index (χ3v) is 6.48. The first-order valence-corrected chi connectivity index (χ1v) is 11.8. The fourth-order valence-electron chi connectivity index (χ4n) is 4.80. The van der Waals surface area contributed by atoms with Crippen LogP contribution in [0.4, 0.5) is 16.2 Å². The summed E-state index contributed by atoms with van der Waals surface area (Å²) in [6.45, 7) is 5.90. The van der Waals surface area contributed by atoms with Crippen molar-refractivity contribution in [1.82, 2.24) is 10.2 Å². The molecule has 4 rings (SSSR count). The van der Waals surface area contributed by atoms with E-state index < -0.39 is 12.1 Å². The first-order valence-electron chi connectivity index (χ1n) is 11.8. The number of para-hydroxylation sites is 2. The van der Waals surface area contributed by atoms with Crippen LogP contribution in [0.25, 0.3) is 0 Å². The van der Waals surface area contributed by atoms with Gasteiger partial charge in [0.2, 0.25) is 5.91 Å². The molecule has 2 N–H and O–H groups in total. The Bertz CT molecular complexity index is 1060. The second-order valence-corrected chi connectivity index (χ2v) is 9.15. The Morgan fingerprint density at radius 3 is 2.53 bits per heavy atom. The third kappa shape index (κ3) is 5.16. The van der Waals surface area contributed by atoms with Crippen LogP contribution in [0.1, 0.15) is 38.7 Å². The highest BCUT2D eigenvalue weighted by molar-refractivity contribution is 6.05. The number of urea groups is 1. The van der Waals surface area contributed by atoms with E-state index in [-0.39, 0.29) is 37.0 Å². The summed E-state index contributed by atoms with van der Waals surface area (Å²) in [6.07, 6.45) is 2.99. The van der Waals surface area contributed by atoms with Crippen LogP contribution < -0.4 is 20.3 Å². The highest BCUT2D eigenvalue weighted by Gasteiger charge is 2.36. The molecule has 0 bridgehead atoms. The second-order valence-electron chi connectivity index (χ2n) is 9.15. The maximum Gasteiger partial charge on any atom is 0.320 e. The maximum absolute atomic E-state index is 13.6. The number of nitrogens with zero attached hydrogens (tertiary/aromatic N) is 2. The molecule has 34 heavy (non-hydrogen) atoms. The number of anilines is 2. The number of carbonyl (C=O) groups is 3. The van der Waals surface area contributed by atoms with Crippen LogP contribution in [0.15, 0.2) is 48.5 Å². The zero-order chi connectivity index (χ0) is 24.2. The van der Waals surface area contributed by atoms with Gasteiger partial charge in [-0.15, -0.1) is 0 Å². The SMILES string of the molecule is Cc1cccc(NC(=O)N[C@@H]2COc3ccccc3N(CC(=O)N3C(C)CCCC3C)C2=O)c1. The van der Waals surface area contributed by atoms with Gasteiger partial charge >= 0.3 is 6.03 Å². The van der Waals surface area contributed by atoms with Crippen LogP contribution in [0.2, 0.25) is 0 Å². The fourth-order valence-corrected chi connectivity index (χ4v) is 4.80. The zero-order valence-corrected chi connectivity index (χ0v) is 19.9. The monoisotopic (exact) mass is 464 g/mol. The number of likely N-dealkylation sites (tertiary alicyclic amines) is 1. The molecule has 8 heteroatoms. The van der Waals surface area contributed by atoms with E-state index in [1.165, 1.54) is 4.90 Å². The molecule has 0 aromatic heterocycles. The Kier molecular flexibility index (Phi) is 7.05. The van der Waals surface area contributed by atoms with E-state index in [9.17, 15) is 14.4 Å². The lowest BCUT2D eigenvalue weighted by Gasteiger charge is -2.40. The Morgan fingerprint density at radius 2 is 1.79 bits per heavy atom. The van der Waals surface area contributed by atoms with Crippen LogP contribution in [-0.2, 0) is 9.59 Å². The van der Waals surface area contributed by atoms with Crippen LogP contribution in [0.3, 0.4) is 0 Å². The molecule has 1 saturated heterocycles. The summed E-state index contributed by atoms with van der Waals surface area (Å²) in [5.74, 6) is 0.0227. The van der Waals surface area contributed by atoms with Gasteiger partial charge in [-0.3, -0.25) is 14.5 Å². The molecule has 0 saturated carbocycles. The lowest BCUT2D eigenvalue weighted by molar-refractivity contribution is -0.137. The van der Waals surface area contributed by atoms with Gasteiger partial charge in [0.05, 0.1) is 5.69 Å². The minimum absolute atomic E-state index is 0.0295. The molecule has 180 valence electrons. The lowest BCUT2D eigenvalue weighted by atomic mass is 9.97. The van der Waals surface area contributed by atoms with Crippen LogP contribution in [0.5, 0.6) is 5.75 Å². The van der Waals surface area contributed by atoms with E-state index >= 15 is 0 Å². The summed E-state index contributed by atoms with van der Waals surface area (Å²) < 4.78 is 5.87. The van der Waals surface area contributed by atoms with Crippen molar-refractivity contribution >= 4 is 29.2 Å². The van der Waals surface area contributed by atoms with Crippen molar-refractivity contribution in [2.45, 2.75) is 58.2 Å². The predicted molar refractivity (Wildman–Crippen MR) is 131 cm³/mol. The average Bonchev–Trinajstić information content (AvgIpc) is 2.91. The maximum atomic E-state index is 13.6. The van der Waals surface area contributed by atoms with Crippen LogP contribution >= 0.6 is 0 Å². The molecule has 2 aromatic carbocycles. The number of rotatable bonds is 4. The number of aryl methyl sites for hydroxylation is 1. The van der Waals surface area contributed by atoms with Gasteiger partial charge in [-0.1, -0.05) is 24.3 Å². The molecule has 2 unspecified atom stereocenters. The van der Waals surface area contributed by atoms with Crippen LogP contribution in [0, 0.1) is 6.92 Å². The molecule has 0 spiro atoms. The first-order chi connectivity index (χ1) is 16.3. The quantitative estimate of drug-likeness (QED) is 0.722. The number of piperidine rings is 1. The molecule has 2 aliphatic rings. The number of benzene rings is 2. The largest absolute Gasteiger partial charge is 0.489 e. The average molecular weight is 465 g/mol. The lowest BCUT2D eigenvalue weighted by Crippen LogP contribution is -2.55. The van der Waals surface area contributed by atoms with Crippen molar-refractivity contribution in [3.05, 3.63) is 54.1 Å². The van der Waals surface area contributed by atoms with Crippen molar-refractivity contribution in [3.8, 4) is 5.75 Å². The number of ether oxygens (including phenoxy) is 1. The summed E-state index contributed by atoms with van der Waals surface area (Å²) in [7, 11) is 0. The van der Waals surface area contributed by atoms with Crippen molar-refractivity contribution < 1.29 is 19.1 Å². The predicted octanol–water partition coefficient (Wildman–Crippen LogP) is 3.70. The normalized spacial score (nSPS) is 22.3. The molecule has 8 nitrogen and oxygen atoms in total. The smallest absolute Gasteiger partial charge is 0.320 e. The molecular formula is C26H32N4O4. The van der Waals surface area contributed by atoms with Gasteiger partial charge in [0, 0.05) is 17.8 Å². The Morgan fingerprint density at radius 1 is 1.06 bits per heavy atom. The number of amides is 4. The molecule has 0 aliphatic carbocycles. The van der Waals surface area contributed by atoms with E-state index in [1.54, 1.807) is 24.3 Å². The molecule has 1 fully saturated rings. The summed E-state index contributed by atoms with van der Waals surface area (Å²) in [5.41, 5.74) is 2.16. The highest BCUT2D eigenvalue weighted by Crippen LogP contribution is 2.32. The van der Waals surface area contributed by atoms with E-state index in [1.807, 2.05) is 36.1 Å². The number of fused-ring (bicyclic) bond motifs is 1. The summed E-state index contributed by atoms with van der Waals surface area (Å²) in [6, 6.07) is 13.3.